The van der Waals surface area contributed by atoms with E-state index in [0.717, 1.165) is 12.8 Å². The van der Waals surface area contributed by atoms with E-state index < -0.39 is 12.1 Å². The number of carbonyl (C=O) groups is 1. The van der Waals surface area contributed by atoms with Crippen LogP contribution in [0.1, 0.15) is 37.4 Å². The summed E-state index contributed by atoms with van der Waals surface area (Å²) in [5, 5.41) is 12.4. The number of carboxylic acid groups (broad SMARTS) is 1. The number of nitrogens with zero attached hydrogens (tertiary/aromatic N) is 2. The van der Waals surface area contributed by atoms with Crippen molar-refractivity contribution in [3.05, 3.63) is 11.7 Å². The van der Waals surface area contributed by atoms with E-state index in [1.807, 2.05) is 0 Å². The Morgan fingerprint density at radius 3 is 3.07 bits per heavy atom. The Labute approximate surface area is 86.2 Å². The third kappa shape index (κ3) is 2.53. The number of aliphatic carboxylic acids is 1. The predicted molar refractivity (Wildman–Crippen MR) is 48.2 cm³/mol. The summed E-state index contributed by atoms with van der Waals surface area (Å²) in [4.78, 5) is 14.6. The molecule has 1 N–H and O–H groups in total. The molecule has 1 aliphatic rings. The largest absolute Gasteiger partial charge is 0.479 e. The normalized spacial score (nSPS) is 17.7. The average Bonchev–Trinajstić information content (AvgIpc) is 2.95. The molecular weight excluding hydrogens is 200 g/mol. The molecule has 1 heterocycles. The van der Waals surface area contributed by atoms with E-state index in [9.17, 15) is 4.79 Å². The molecule has 1 aliphatic carbocycles. The fraction of sp³-hybridized carbons (Fsp3) is 0.667. The Hall–Kier alpha value is -1.43. The van der Waals surface area contributed by atoms with Crippen molar-refractivity contribution in [2.45, 2.75) is 38.4 Å². The van der Waals surface area contributed by atoms with Crippen LogP contribution < -0.4 is 0 Å². The molecule has 1 saturated carbocycles. The highest BCUT2D eigenvalue weighted by Gasteiger charge is 2.28. The molecule has 1 fully saturated rings. The van der Waals surface area contributed by atoms with Gasteiger partial charge in [-0.1, -0.05) is 5.16 Å². The van der Waals surface area contributed by atoms with Gasteiger partial charge in [0.15, 0.2) is 11.9 Å². The summed E-state index contributed by atoms with van der Waals surface area (Å²) >= 11 is 0. The standard InChI is InChI=1S/C9H12N2O4/c1-5(9(12)13)14-4-7-10-8(11-15-7)6-2-3-6/h5-6H,2-4H2,1H3,(H,12,13)/t5-/m1/s1. The lowest BCUT2D eigenvalue weighted by Gasteiger charge is -2.04. The molecule has 6 heteroatoms. The lowest BCUT2D eigenvalue weighted by molar-refractivity contribution is -0.150. The van der Waals surface area contributed by atoms with Crippen molar-refractivity contribution in [3.8, 4) is 0 Å². The van der Waals surface area contributed by atoms with Gasteiger partial charge in [-0.25, -0.2) is 4.79 Å². The van der Waals surface area contributed by atoms with Crippen LogP contribution in [0.4, 0.5) is 0 Å². The van der Waals surface area contributed by atoms with Crippen LogP contribution in [0.5, 0.6) is 0 Å². The molecule has 0 amide bonds. The van der Waals surface area contributed by atoms with Crippen LogP contribution in [0.2, 0.25) is 0 Å². The fourth-order valence-electron chi connectivity index (χ4n) is 1.10. The van der Waals surface area contributed by atoms with Crippen LogP contribution in [0.25, 0.3) is 0 Å². The minimum atomic E-state index is -1.00. The SMILES string of the molecule is C[C@@H](OCc1nc(C2CC2)no1)C(=O)O. The van der Waals surface area contributed by atoms with E-state index in [4.69, 9.17) is 14.4 Å². The highest BCUT2D eigenvalue weighted by Crippen LogP contribution is 2.38. The molecule has 1 atom stereocenters. The Bertz CT molecular complexity index is 359. The summed E-state index contributed by atoms with van der Waals surface area (Å²) in [5.41, 5.74) is 0. The summed E-state index contributed by atoms with van der Waals surface area (Å²) in [5.74, 6) is 0.470. The number of aromatic nitrogens is 2. The van der Waals surface area contributed by atoms with Gasteiger partial charge >= 0.3 is 5.97 Å². The second-order valence-corrected chi connectivity index (χ2v) is 3.61. The second-order valence-electron chi connectivity index (χ2n) is 3.61. The van der Waals surface area contributed by atoms with Crippen molar-refractivity contribution in [2.24, 2.45) is 0 Å². The molecule has 0 bridgehead atoms. The number of hydrogen-bond acceptors (Lipinski definition) is 5. The van der Waals surface area contributed by atoms with Crippen LogP contribution in [-0.4, -0.2) is 27.3 Å². The van der Waals surface area contributed by atoms with E-state index in [1.54, 1.807) is 0 Å². The molecule has 0 saturated heterocycles. The minimum absolute atomic E-state index is 0.0488. The van der Waals surface area contributed by atoms with Crippen LogP contribution >= 0.6 is 0 Å². The van der Waals surface area contributed by atoms with Crippen LogP contribution in [0.15, 0.2) is 4.52 Å². The maximum absolute atomic E-state index is 10.5. The van der Waals surface area contributed by atoms with E-state index >= 15 is 0 Å². The molecule has 6 nitrogen and oxygen atoms in total. The van der Waals surface area contributed by atoms with Gasteiger partial charge in [0.1, 0.15) is 6.61 Å². The highest BCUT2D eigenvalue weighted by atomic mass is 16.5. The van der Waals surface area contributed by atoms with Crippen molar-refractivity contribution in [2.75, 3.05) is 0 Å². The zero-order valence-electron chi connectivity index (χ0n) is 8.34. The Balaban J connectivity index is 1.85. The molecule has 1 aromatic heterocycles. The van der Waals surface area contributed by atoms with E-state index in [-0.39, 0.29) is 6.61 Å². The lowest BCUT2D eigenvalue weighted by atomic mass is 10.4. The van der Waals surface area contributed by atoms with Gasteiger partial charge in [0, 0.05) is 5.92 Å². The van der Waals surface area contributed by atoms with Crippen molar-refractivity contribution in [3.63, 3.8) is 0 Å². The first kappa shape index (κ1) is 10.1. The summed E-state index contributed by atoms with van der Waals surface area (Å²) in [6.07, 6.45) is 1.35. The van der Waals surface area contributed by atoms with Crippen LogP contribution in [0, 0.1) is 0 Å². The highest BCUT2D eigenvalue weighted by molar-refractivity contribution is 5.71. The third-order valence-electron chi connectivity index (χ3n) is 2.23. The smallest absolute Gasteiger partial charge is 0.332 e. The summed E-state index contributed by atoms with van der Waals surface area (Å²) < 4.78 is 9.92. The van der Waals surface area contributed by atoms with Gasteiger partial charge in [-0.05, 0) is 19.8 Å². The maximum Gasteiger partial charge on any atom is 0.332 e. The topological polar surface area (TPSA) is 85.5 Å². The van der Waals surface area contributed by atoms with E-state index in [0.29, 0.717) is 17.6 Å². The monoisotopic (exact) mass is 212 g/mol. The first-order valence-electron chi connectivity index (χ1n) is 4.83. The molecule has 1 aromatic rings. The third-order valence-corrected chi connectivity index (χ3v) is 2.23. The molecule has 15 heavy (non-hydrogen) atoms. The quantitative estimate of drug-likeness (QED) is 0.781. The Morgan fingerprint density at radius 1 is 1.73 bits per heavy atom. The zero-order chi connectivity index (χ0) is 10.8. The van der Waals surface area contributed by atoms with Gasteiger partial charge in [0.25, 0.3) is 5.89 Å². The zero-order valence-corrected chi connectivity index (χ0v) is 8.34. The molecule has 0 radical (unpaired) electrons. The summed E-state index contributed by atoms with van der Waals surface area (Å²) in [6, 6.07) is 0. The van der Waals surface area contributed by atoms with E-state index in [2.05, 4.69) is 10.1 Å². The van der Waals surface area contributed by atoms with E-state index in [1.165, 1.54) is 6.92 Å². The van der Waals surface area contributed by atoms with Crippen molar-refractivity contribution in [1.29, 1.82) is 0 Å². The van der Waals surface area contributed by atoms with Crippen molar-refractivity contribution < 1.29 is 19.2 Å². The van der Waals surface area contributed by atoms with Gasteiger partial charge in [-0.3, -0.25) is 0 Å². The molecule has 82 valence electrons. The number of rotatable bonds is 5. The van der Waals surface area contributed by atoms with Gasteiger partial charge in [-0.2, -0.15) is 4.98 Å². The number of hydrogen-bond donors (Lipinski definition) is 1. The number of carboxylic acids is 1. The molecule has 0 spiro atoms. The Morgan fingerprint density at radius 2 is 2.47 bits per heavy atom. The first-order valence-corrected chi connectivity index (χ1v) is 4.83. The molecule has 0 aromatic carbocycles. The lowest BCUT2D eigenvalue weighted by Crippen LogP contribution is -2.19. The van der Waals surface area contributed by atoms with Crippen molar-refractivity contribution >= 4 is 5.97 Å². The Kier molecular flexibility index (Phi) is 2.68. The van der Waals surface area contributed by atoms with Gasteiger partial charge in [0.05, 0.1) is 0 Å². The second kappa shape index (κ2) is 3.98. The molecule has 2 rings (SSSR count). The van der Waals surface area contributed by atoms with Gasteiger partial charge in [-0.15, -0.1) is 0 Å². The van der Waals surface area contributed by atoms with Gasteiger partial charge < -0.3 is 14.4 Å². The maximum atomic E-state index is 10.5. The molecular formula is C9H12N2O4. The summed E-state index contributed by atoms with van der Waals surface area (Å²) in [7, 11) is 0. The molecule has 0 unspecified atom stereocenters. The number of ether oxygens (including phenoxy) is 1. The average molecular weight is 212 g/mol. The van der Waals surface area contributed by atoms with Gasteiger partial charge in [0.2, 0.25) is 0 Å². The summed E-state index contributed by atoms with van der Waals surface area (Å²) in [6.45, 7) is 1.51. The minimum Gasteiger partial charge on any atom is -0.479 e. The van der Waals surface area contributed by atoms with Crippen LogP contribution in [-0.2, 0) is 16.1 Å². The first-order chi connectivity index (χ1) is 7.16. The van der Waals surface area contributed by atoms with Crippen LogP contribution in [0.3, 0.4) is 0 Å². The predicted octanol–water partition coefficient (Wildman–Crippen LogP) is 0.937. The fourth-order valence-corrected chi connectivity index (χ4v) is 1.10. The molecule has 0 aliphatic heterocycles. The van der Waals surface area contributed by atoms with Crippen molar-refractivity contribution in [1.82, 2.24) is 10.1 Å².